The van der Waals surface area contributed by atoms with Gasteiger partial charge in [-0.15, -0.1) is 0 Å². The van der Waals surface area contributed by atoms with Crippen LogP contribution in [0.2, 0.25) is 0 Å². The highest BCUT2D eigenvalue weighted by Crippen LogP contribution is 2.22. The van der Waals surface area contributed by atoms with E-state index in [0.717, 1.165) is 0 Å². The minimum Gasteiger partial charge on any atom is -0.494 e. The van der Waals surface area contributed by atoms with Gasteiger partial charge in [-0.1, -0.05) is 6.92 Å². The Morgan fingerprint density at radius 1 is 1.35 bits per heavy atom. The summed E-state index contributed by atoms with van der Waals surface area (Å²) in [4.78, 5) is 0.131. The third-order valence-corrected chi connectivity index (χ3v) is 3.69. The Bertz CT molecular complexity index is 470. The summed E-state index contributed by atoms with van der Waals surface area (Å²) in [6.07, 6.45) is 0. The first-order chi connectivity index (χ1) is 8.05. The molecule has 0 aliphatic heterocycles. The van der Waals surface area contributed by atoms with Gasteiger partial charge < -0.3 is 9.84 Å². The molecule has 1 aromatic carbocycles. The molecule has 17 heavy (non-hydrogen) atoms. The van der Waals surface area contributed by atoms with Gasteiger partial charge in [0.2, 0.25) is 10.0 Å². The lowest BCUT2D eigenvalue weighted by Gasteiger charge is -2.11. The molecule has 2 N–H and O–H groups in total. The molecule has 0 spiro atoms. The molecule has 0 saturated heterocycles. The van der Waals surface area contributed by atoms with Crippen LogP contribution in [0, 0.1) is 0 Å². The fourth-order valence-electron chi connectivity index (χ4n) is 1.42. The van der Waals surface area contributed by atoms with Crippen LogP contribution < -0.4 is 9.46 Å². The first kappa shape index (κ1) is 14.0. The molecule has 0 atom stereocenters. The molecular weight excluding hydrogens is 242 g/mol. The average Bonchev–Trinajstić information content (AvgIpc) is 2.29. The maximum atomic E-state index is 11.7. The monoisotopic (exact) mass is 259 g/mol. The summed E-state index contributed by atoms with van der Waals surface area (Å²) < 4.78 is 31.1. The maximum absolute atomic E-state index is 11.7. The lowest BCUT2D eigenvalue weighted by molar-refractivity contribution is 0.266. The lowest BCUT2D eigenvalue weighted by atomic mass is 10.2. The number of sulfonamides is 1. The zero-order valence-electron chi connectivity index (χ0n) is 9.93. The second-order valence-electron chi connectivity index (χ2n) is 3.36. The van der Waals surface area contributed by atoms with Crippen molar-refractivity contribution in [2.24, 2.45) is 0 Å². The number of nitrogens with one attached hydrogen (secondary N) is 1. The Balaban J connectivity index is 3.13. The van der Waals surface area contributed by atoms with E-state index in [-0.39, 0.29) is 11.5 Å². The molecule has 0 aromatic heterocycles. The van der Waals surface area contributed by atoms with E-state index in [4.69, 9.17) is 9.84 Å². The molecule has 0 aliphatic rings. The summed E-state index contributed by atoms with van der Waals surface area (Å²) in [5.74, 6) is 0.505. The molecule has 1 aromatic rings. The van der Waals surface area contributed by atoms with E-state index in [1.807, 2.05) is 6.92 Å². The van der Waals surface area contributed by atoms with Gasteiger partial charge in [-0.3, -0.25) is 0 Å². The molecule has 96 valence electrons. The highest BCUT2D eigenvalue weighted by molar-refractivity contribution is 7.89. The van der Waals surface area contributed by atoms with Crippen molar-refractivity contribution in [2.75, 3.05) is 13.2 Å². The van der Waals surface area contributed by atoms with Crippen LogP contribution in [0.5, 0.6) is 5.75 Å². The van der Waals surface area contributed by atoms with E-state index < -0.39 is 10.0 Å². The predicted molar refractivity (Wildman–Crippen MR) is 64.4 cm³/mol. The van der Waals surface area contributed by atoms with Crippen molar-refractivity contribution < 1.29 is 18.3 Å². The van der Waals surface area contributed by atoms with Crippen LogP contribution in [-0.4, -0.2) is 26.7 Å². The highest BCUT2D eigenvalue weighted by Gasteiger charge is 2.15. The second kappa shape index (κ2) is 6.00. The molecule has 0 amide bonds. The van der Waals surface area contributed by atoms with E-state index in [2.05, 4.69) is 4.72 Å². The van der Waals surface area contributed by atoms with Crippen molar-refractivity contribution in [1.82, 2.24) is 4.72 Å². The van der Waals surface area contributed by atoms with Gasteiger partial charge in [-0.05, 0) is 25.1 Å². The lowest BCUT2D eigenvalue weighted by Crippen LogP contribution is -2.23. The molecular formula is C11H17NO4S. The number of hydrogen-bond acceptors (Lipinski definition) is 4. The summed E-state index contributed by atoms with van der Waals surface area (Å²) in [5.41, 5.74) is 0.464. The van der Waals surface area contributed by atoms with Gasteiger partial charge in [0.05, 0.1) is 18.1 Å². The first-order valence-electron chi connectivity index (χ1n) is 5.41. The van der Waals surface area contributed by atoms with Crippen LogP contribution in [0.15, 0.2) is 23.1 Å². The van der Waals surface area contributed by atoms with Crippen molar-refractivity contribution in [3.63, 3.8) is 0 Å². The Labute approximate surface area is 101 Å². The second-order valence-corrected chi connectivity index (χ2v) is 5.13. The normalized spacial score (nSPS) is 11.5. The molecule has 5 nitrogen and oxygen atoms in total. The number of rotatable bonds is 6. The fourth-order valence-corrected chi connectivity index (χ4v) is 2.51. The standard InChI is InChI=1S/C11H17NO4S/c1-3-12-17(14,15)10-5-6-11(16-4-2)9(7-10)8-13/h5-7,12-13H,3-4,8H2,1-2H3. The zero-order chi connectivity index (χ0) is 12.9. The summed E-state index contributed by atoms with van der Waals surface area (Å²) in [6.45, 7) is 4.06. The molecule has 0 bridgehead atoms. The number of hydrogen-bond donors (Lipinski definition) is 2. The van der Waals surface area contributed by atoms with Crippen molar-refractivity contribution >= 4 is 10.0 Å². The Morgan fingerprint density at radius 3 is 2.59 bits per heavy atom. The number of aliphatic hydroxyl groups is 1. The molecule has 0 unspecified atom stereocenters. The van der Waals surface area contributed by atoms with Crippen LogP contribution in [0.25, 0.3) is 0 Å². The molecule has 6 heteroatoms. The third kappa shape index (κ3) is 3.42. The van der Waals surface area contributed by atoms with Crippen LogP contribution in [0.1, 0.15) is 19.4 Å². The van der Waals surface area contributed by atoms with Crippen LogP contribution in [0.4, 0.5) is 0 Å². The molecule has 0 radical (unpaired) electrons. The fraction of sp³-hybridized carbons (Fsp3) is 0.455. The minimum atomic E-state index is -3.49. The van der Waals surface area contributed by atoms with Gasteiger partial charge in [0, 0.05) is 12.1 Å². The van der Waals surface area contributed by atoms with Gasteiger partial charge >= 0.3 is 0 Å². The smallest absolute Gasteiger partial charge is 0.240 e. The van der Waals surface area contributed by atoms with Crippen LogP contribution in [-0.2, 0) is 16.6 Å². The van der Waals surface area contributed by atoms with Crippen LogP contribution in [0.3, 0.4) is 0 Å². The SMILES string of the molecule is CCNS(=O)(=O)c1ccc(OCC)c(CO)c1. The maximum Gasteiger partial charge on any atom is 0.240 e. The van der Waals surface area contributed by atoms with Crippen molar-refractivity contribution in [2.45, 2.75) is 25.3 Å². The van der Waals surface area contributed by atoms with E-state index in [1.54, 1.807) is 13.0 Å². The Morgan fingerprint density at radius 2 is 2.06 bits per heavy atom. The molecule has 1 rings (SSSR count). The molecule has 0 fully saturated rings. The minimum absolute atomic E-state index is 0.131. The predicted octanol–water partition coefficient (Wildman–Crippen LogP) is 0.876. The van der Waals surface area contributed by atoms with Gasteiger partial charge in [-0.2, -0.15) is 0 Å². The summed E-state index contributed by atoms with van der Waals surface area (Å²) in [5, 5.41) is 9.17. The summed E-state index contributed by atoms with van der Waals surface area (Å²) in [7, 11) is -3.49. The third-order valence-electron chi connectivity index (χ3n) is 2.15. The van der Waals surface area contributed by atoms with E-state index >= 15 is 0 Å². The number of aliphatic hydroxyl groups excluding tert-OH is 1. The van der Waals surface area contributed by atoms with Gasteiger partial charge in [0.15, 0.2) is 0 Å². The Hall–Kier alpha value is -1.11. The highest BCUT2D eigenvalue weighted by atomic mass is 32.2. The van der Waals surface area contributed by atoms with Crippen LogP contribution >= 0.6 is 0 Å². The van der Waals surface area contributed by atoms with E-state index in [1.165, 1.54) is 12.1 Å². The van der Waals surface area contributed by atoms with Gasteiger partial charge in [0.1, 0.15) is 5.75 Å². The molecule has 0 saturated carbocycles. The quantitative estimate of drug-likeness (QED) is 0.795. The average molecular weight is 259 g/mol. The molecule has 0 heterocycles. The van der Waals surface area contributed by atoms with Crippen molar-refractivity contribution in [1.29, 1.82) is 0 Å². The summed E-state index contributed by atoms with van der Waals surface area (Å²) >= 11 is 0. The Kier molecular flexibility index (Phi) is 4.92. The van der Waals surface area contributed by atoms with E-state index in [0.29, 0.717) is 24.5 Å². The van der Waals surface area contributed by atoms with Gasteiger partial charge in [-0.25, -0.2) is 13.1 Å². The van der Waals surface area contributed by atoms with Crippen molar-refractivity contribution in [3.8, 4) is 5.75 Å². The molecule has 0 aliphatic carbocycles. The zero-order valence-corrected chi connectivity index (χ0v) is 10.8. The van der Waals surface area contributed by atoms with Crippen molar-refractivity contribution in [3.05, 3.63) is 23.8 Å². The number of ether oxygens (including phenoxy) is 1. The topological polar surface area (TPSA) is 75.6 Å². The van der Waals surface area contributed by atoms with E-state index in [9.17, 15) is 8.42 Å². The first-order valence-corrected chi connectivity index (χ1v) is 6.89. The summed E-state index contributed by atoms with van der Waals surface area (Å²) in [6, 6.07) is 4.43. The largest absolute Gasteiger partial charge is 0.494 e. The number of benzene rings is 1. The van der Waals surface area contributed by atoms with Gasteiger partial charge in [0.25, 0.3) is 0 Å².